The number of nitro benzene ring substituents is 1. The van der Waals surface area contributed by atoms with Crippen molar-refractivity contribution in [2.75, 3.05) is 5.32 Å². The summed E-state index contributed by atoms with van der Waals surface area (Å²) in [5, 5.41) is 15.3. The number of benzene rings is 2. The smallest absolute Gasteiger partial charge is 0.269 e. The topological polar surface area (TPSA) is 55.2 Å². The molecule has 1 N–H and O–H groups in total. The summed E-state index contributed by atoms with van der Waals surface area (Å²) in [5.74, 6) is 0.650. The number of rotatable bonds is 2. The second kappa shape index (κ2) is 5.39. The number of anilines is 1. The Morgan fingerprint density at radius 3 is 2.91 bits per heavy atom. The highest BCUT2D eigenvalue weighted by atomic mass is 35.5. The molecule has 2 aliphatic rings. The summed E-state index contributed by atoms with van der Waals surface area (Å²) in [4.78, 5) is 10.7. The third kappa shape index (κ3) is 2.39. The van der Waals surface area contributed by atoms with E-state index in [9.17, 15) is 10.1 Å². The van der Waals surface area contributed by atoms with Crippen LogP contribution in [-0.4, -0.2) is 4.92 Å². The SMILES string of the molecule is O=[N+]([O-])c1cccc([C@@H]2Nc3ccc(Cl)cc3[C@@H]3C=CC[C@H]32)c1. The number of allylic oxidation sites excluding steroid dienone is 2. The fourth-order valence-electron chi connectivity index (χ4n) is 3.73. The predicted octanol–water partition coefficient (Wildman–Crippen LogP) is 5.07. The molecule has 0 radical (unpaired) electrons. The summed E-state index contributed by atoms with van der Waals surface area (Å²) in [6.07, 6.45) is 5.37. The van der Waals surface area contributed by atoms with E-state index in [0.29, 0.717) is 11.8 Å². The van der Waals surface area contributed by atoms with E-state index in [1.54, 1.807) is 12.1 Å². The monoisotopic (exact) mass is 326 g/mol. The van der Waals surface area contributed by atoms with E-state index in [1.165, 1.54) is 11.6 Å². The Balaban J connectivity index is 1.78. The lowest BCUT2D eigenvalue weighted by Crippen LogP contribution is -2.29. The van der Waals surface area contributed by atoms with Crippen LogP contribution in [0.5, 0.6) is 0 Å². The van der Waals surface area contributed by atoms with Gasteiger partial charge in [-0.2, -0.15) is 0 Å². The Kier molecular flexibility index (Phi) is 3.34. The molecule has 1 heterocycles. The number of nitro groups is 1. The molecule has 0 amide bonds. The summed E-state index contributed by atoms with van der Waals surface area (Å²) in [6.45, 7) is 0. The van der Waals surface area contributed by atoms with Gasteiger partial charge in [0.25, 0.3) is 5.69 Å². The second-order valence-electron chi connectivity index (χ2n) is 6.06. The lowest BCUT2D eigenvalue weighted by molar-refractivity contribution is -0.384. The Hall–Kier alpha value is -2.33. The second-order valence-corrected chi connectivity index (χ2v) is 6.50. The number of nitrogens with one attached hydrogen (secondary N) is 1. The molecular formula is C18H15ClN2O2. The van der Waals surface area contributed by atoms with Crippen molar-refractivity contribution in [2.24, 2.45) is 5.92 Å². The quantitative estimate of drug-likeness (QED) is 0.476. The Bertz CT molecular complexity index is 818. The normalized spacial score (nSPS) is 24.7. The van der Waals surface area contributed by atoms with Crippen LogP contribution in [0.15, 0.2) is 54.6 Å². The lowest BCUT2D eigenvalue weighted by Gasteiger charge is -2.37. The molecule has 0 saturated carbocycles. The number of non-ortho nitro benzene ring substituents is 1. The summed E-state index contributed by atoms with van der Waals surface area (Å²) in [7, 11) is 0. The van der Waals surface area contributed by atoms with Crippen LogP contribution in [0.2, 0.25) is 5.02 Å². The van der Waals surface area contributed by atoms with Crippen molar-refractivity contribution in [1.82, 2.24) is 0 Å². The van der Waals surface area contributed by atoms with Crippen LogP contribution >= 0.6 is 11.6 Å². The van der Waals surface area contributed by atoms with Gasteiger partial charge in [0, 0.05) is 28.8 Å². The largest absolute Gasteiger partial charge is 0.378 e. The van der Waals surface area contributed by atoms with E-state index in [0.717, 1.165) is 22.7 Å². The number of halogens is 1. The molecular weight excluding hydrogens is 312 g/mol. The highest BCUT2D eigenvalue weighted by Gasteiger charge is 2.38. The number of hydrogen-bond donors (Lipinski definition) is 1. The first kappa shape index (κ1) is 14.3. The van der Waals surface area contributed by atoms with Gasteiger partial charge in [-0.15, -0.1) is 0 Å². The van der Waals surface area contributed by atoms with Gasteiger partial charge >= 0.3 is 0 Å². The zero-order valence-electron chi connectivity index (χ0n) is 12.3. The van der Waals surface area contributed by atoms with E-state index in [2.05, 4.69) is 17.5 Å². The minimum Gasteiger partial charge on any atom is -0.378 e. The molecule has 4 nitrogen and oxygen atoms in total. The van der Waals surface area contributed by atoms with Crippen molar-refractivity contribution < 1.29 is 4.92 Å². The van der Waals surface area contributed by atoms with Gasteiger partial charge in [0.15, 0.2) is 0 Å². The van der Waals surface area contributed by atoms with Gasteiger partial charge in [0.2, 0.25) is 0 Å². The van der Waals surface area contributed by atoms with E-state index in [-0.39, 0.29) is 16.7 Å². The molecule has 3 atom stereocenters. The molecule has 5 heteroatoms. The van der Waals surface area contributed by atoms with E-state index in [1.807, 2.05) is 24.3 Å². The Morgan fingerprint density at radius 2 is 2.09 bits per heavy atom. The van der Waals surface area contributed by atoms with E-state index < -0.39 is 0 Å². The van der Waals surface area contributed by atoms with Crippen LogP contribution in [0, 0.1) is 16.0 Å². The van der Waals surface area contributed by atoms with Gasteiger partial charge in [0.1, 0.15) is 0 Å². The van der Waals surface area contributed by atoms with Gasteiger partial charge in [-0.05, 0) is 41.7 Å². The van der Waals surface area contributed by atoms with Gasteiger partial charge in [0.05, 0.1) is 11.0 Å². The van der Waals surface area contributed by atoms with Gasteiger partial charge in [-0.1, -0.05) is 35.9 Å². The third-order valence-corrected chi connectivity index (χ3v) is 5.00. The van der Waals surface area contributed by atoms with Gasteiger partial charge < -0.3 is 5.32 Å². The first-order valence-electron chi connectivity index (χ1n) is 7.60. The van der Waals surface area contributed by atoms with E-state index in [4.69, 9.17) is 11.6 Å². The van der Waals surface area contributed by atoms with Crippen LogP contribution < -0.4 is 5.32 Å². The first-order chi connectivity index (χ1) is 11.1. The van der Waals surface area contributed by atoms with Crippen LogP contribution in [0.4, 0.5) is 11.4 Å². The maximum absolute atomic E-state index is 11.1. The molecule has 0 spiro atoms. The van der Waals surface area contributed by atoms with Crippen molar-refractivity contribution in [1.29, 1.82) is 0 Å². The zero-order valence-corrected chi connectivity index (χ0v) is 13.0. The molecule has 2 aromatic carbocycles. The molecule has 0 aromatic heterocycles. The highest BCUT2D eigenvalue weighted by Crippen LogP contribution is 2.50. The van der Waals surface area contributed by atoms with Crippen molar-refractivity contribution in [3.8, 4) is 0 Å². The molecule has 23 heavy (non-hydrogen) atoms. The fraction of sp³-hybridized carbons (Fsp3) is 0.222. The summed E-state index contributed by atoms with van der Waals surface area (Å²) in [5.41, 5.74) is 3.35. The highest BCUT2D eigenvalue weighted by molar-refractivity contribution is 6.30. The molecule has 1 aliphatic heterocycles. The molecule has 2 aromatic rings. The summed E-state index contributed by atoms with van der Waals surface area (Å²) < 4.78 is 0. The van der Waals surface area contributed by atoms with Gasteiger partial charge in [-0.25, -0.2) is 0 Å². The summed E-state index contributed by atoms with van der Waals surface area (Å²) >= 11 is 6.15. The lowest BCUT2D eigenvalue weighted by atomic mass is 9.77. The molecule has 4 rings (SSSR count). The molecule has 0 fully saturated rings. The van der Waals surface area contributed by atoms with Crippen LogP contribution in [0.1, 0.15) is 29.5 Å². The molecule has 116 valence electrons. The van der Waals surface area contributed by atoms with Crippen molar-refractivity contribution in [2.45, 2.75) is 18.4 Å². The van der Waals surface area contributed by atoms with Crippen LogP contribution in [-0.2, 0) is 0 Å². The number of fused-ring (bicyclic) bond motifs is 3. The minimum absolute atomic E-state index is 0.0589. The maximum Gasteiger partial charge on any atom is 0.269 e. The third-order valence-electron chi connectivity index (χ3n) is 4.76. The maximum atomic E-state index is 11.1. The molecule has 1 aliphatic carbocycles. The van der Waals surface area contributed by atoms with Crippen LogP contribution in [0.3, 0.4) is 0 Å². The first-order valence-corrected chi connectivity index (χ1v) is 7.98. The van der Waals surface area contributed by atoms with Crippen molar-refractivity contribution >= 4 is 23.0 Å². The standard InChI is InChI=1S/C18H15ClN2O2/c19-12-7-8-17-16(10-12)14-5-2-6-15(14)18(20-17)11-3-1-4-13(9-11)21(22)23/h1-5,7-10,14-15,18,20H,6H2/t14-,15-,18+/m1/s1. The minimum atomic E-state index is -0.343. The zero-order chi connectivity index (χ0) is 16.0. The predicted molar refractivity (Wildman–Crippen MR) is 90.9 cm³/mol. The van der Waals surface area contributed by atoms with Gasteiger partial charge in [-0.3, -0.25) is 10.1 Å². The molecule has 0 bridgehead atoms. The average Bonchev–Trinajstić information content (AvgIpc) is 3.04. The molecule has 0 saturated heterocycles. The van der Waals surface area contributed by atoms with Crippen molar-refractivity contribution in [3.05, 3.63) is 80.9 Å². The summed E-state index contributed by atoms with van der Waals surface area (Å²) in [6, 6.07) is 12.9. The van der Waals surface area contributed by atoms with E-state index >= 15 is 0 Å². The average molecular weight is 327 g/mol. The van der Waals surface area contributed by atoms with Crippen LogP contribution in [0.25, 0.3) is 0 Å². The van der Waals surface area contributed by atoms with Crippen molar-refractivity contribution in [3.63, 3.8) is 0 Å². The number of hydrogen-bond acceptors (Lipinski definition) is 3. The number of nitrogens with zero attached hydrogens (tertiary/aromatic N) is 1. The fourth-order valence-corrected chi connectivity index (χ4v) is 3.91. The Labute approximate surface area is 138 Å². The Morgan fingerprint density at radius 1 is 1.22 bits per heavy atom. The molecule has 0 unspecified atom stereocenters.